The highest BCUT2D eigenvalue weighted by Crippen LogP contribution is 2.27. The molecule has 0 bridgehead atoms. The average Bonchev–Trinajstić information content (AvgIpc) is 2.79. The van der Waals surface area contributed by atoms with Crippen molar-refractivity contribution in [3.8, 4) is 0 Å². The van der Waals surface area contributed by atoms with Gasteiger partial charge < -0.3 is 10.6 Å². The van der Waals surface area contributed by atoms with Crippen molar-refractivity contribution in [1.29, 1.82) is 0 Å². The lowest BCUT2D eigenvalue weighted by Crippen LogP contribution is -2.37. The van der Waals surface area contributed by atoms with Gasteiger partial charge in [0.25, 0.3) is 11.6 Å². The molecule has 1 fully saturated rings. The largest absolute Gasteiger partial charge is 0.351 e. The SMILES string of the molecule is Cc1sc(C(=O)NCC2CCCNC2)cc1[N+](=O)[O-]. The molecule has 1 aliphatic heterocycles. The molecule has 0 radical (unpaired) electrons. The number of carbonyl (C=O) groups excluding carboxylic acids is 1. The summed E-state index contributed by atoms with van der Waals surface area (Å²) in [5.41, 5.74) is 0.0227. The van der Waals surface area contributed by atoms with Crippen LogP contribution in [0.2, 0.25) is 0 Å². The Morgan fingerprint density at radius 1 is 1.68 bits per heavy atom. The lowest BCUT2D eigenvalue weighted by Gasteiger charge is -2.22. The predicted octanol–water partition coefficient (Wildman–Crippen LogP) is 1.69. The number of hydrogen-bond donors (Lipinski definition) is 2. The maximum absolute atomic E-state index is 11.9. The second-order valence-corrected chi connectivity index (χ2v) is 5.99. The fourth-order valence-corrected chi connectivity index (χ4v) is 3.09. The summed E-state index contributed by atoms with van der Waals surface area (Å²) in [4.78, 5) is 23.2. The number of nitrogens with zero attached hydrogens (tertiary/aromatic N) is 1. The number of thiophene rings is 1. The Kier molecular flexibility index (Phi) is 4.49. The van der Waals surface area contributed by atoms with Gasteiger partial charge in [0.05, 0.1) is 14.7 Å². The number of carbonyl (C=O) groups is 1. The van der Waals surface area contributed by atoms with Crippen molar-refractivity contribution >= 4 is 22.9 Å². The second kappa shape index (κ2) is 6.12. The quantitative estimate of drug-likeness (QED) is 0.650. The molecule has 0 aliphatic carbocycles. The summed E-state index contributed by atoms with van der Waals surface area (Å²) in [7, 11) is 0. The molecule has 1 aliphatic rings. The van der Waals surface area contributed by atoms with Crippen LogP contribution in [0.15, 0.2) is 6.07 Å². The van der Waals surface area contributed by atoms with Gasteiger partial charge in [-0.15, -0.1) is 11.3 Å². The van der Waals surface area contributed by atoms with E-state index in [4.69, 9.17) is 0 Å². The number of nitro groups is 1. The van der Waals surface area contributed by atoms with Crippen LogP contribution in [-0.4, -0.2) is 30.5 Å². The van der Waals surface area contributed by atoms with Gasteiger partial charge in [0, 0.05) is 12.6 Å². The minimum atomic E-state index is -0.451. The highest BCUT2D eigenvalue weighted by molar-refractivity contribution is 7.14. The van der Waals surface area contributed by atoms with Gasteiger partial charge in [-0.05, 0) is 38.8 Å². The summed E-state index contributed by atoms with van der Waals surface area (Å²) in [6.45, 7) is 4.24. The van der Waals surface area contributed by atoms with E-state index in [2.05, 4.69) is 10.6 Å². The van der Waals surface area contributed by atoms with Crippen molar-refractivity contribution in [2.24, 2.45) is 5.92 Å². The van der Waals surface area contributed by atoms with Gasteiger partial charge in [-0.2, -0.15) is 0 Å². The summed E-state index contributed by atoms with van der Waals surface area (Å²) in [5.74, 6) is 0.237. The van der Waals surface area contributed by atoms with E-state index in [0.717, 1.165) is 25.9 Å². The molecular formula is C12H17N3O3S. The summed E-state index contributed by atoms with van der Waals surface area (Å²) < 4.78 is 0. The third kappa shape index (κ3) is 3.51. The Hall–Kier alpha value is -1.47. The molecule has 2 heterocycles. The predicted molar refractivity (Wildman–Crippen MR) is 73.6 cm³/mol. The summed E-state index contributed by atoms with van der Waals surface area (Å²) in [5, 5.41) is 16.9. The molecular weight excluding hydrogens is 266 g/mol. The normalized spacial score (nSPS) is 19.1. The topological polar surface area (TPSA) is 84.3 Å². The Morgan fingerprint density at radius 2 is 2.47 bits per heavy atom. The highest BCUT2D eigenvalue weighted by Gasteiger charge is 2.20. The maximum atomic E-state index is 11.9. The lowest BCUT2D eigenvalue weighted by molar-refractivity contribution is -0.385. The molecule has 0 saturated carbocycles. The minimum absolute atomic E-state index is 0.0227. The third-order valence-corrected chi connectivity index (χ3v) is 4.30. The molecule has 0 spiro atoms. The Labute approximate surface area is 115 Å². The molecule has 1 atom stereocenters. The molecule has 1 saturated heterocycles. The fraction of sp³-hybridized carbons (Fsp3) is 0.583. The monoisotopic (exact) mass is 283 g/mol. The molecule has 1 unspecified atom stereocenters. The van der Waals surface area contributed by atoms with Crippen LogP contribution in [0, 0.1) is 23.0 Å². The highest BCUT2D eigenvalue weighted by atomic mass is 32.1. The van der Waals surface area contributed by atoms with Crippen molar-refractivity contribution in [3.05, 3.63) is 25.9 Å². The molecule has 1 aromatic rings. The molecule has 0 aromatic carbocycles. The van der Waals surface area contributed by atoms with Crippen molar-refractivity contribution in [1.82, 2.24) is 10.6 Å². The van der Waals surface area contributed by atoms with Crippen LogP contribution in [0.25, 0.3) is 0 Å². The number of aryl methyl sites for hydroxylation is 1. The van der Waals surface area contributed by atoms with Gasteiger partial charge in [-0.1, -0.05) is 0 Å². The second-order valence-electron chi connectivity index (χ2n) is 4.73. The van der Waals surface area contributed by atoms with E-state index < -0.39 is 4.92 Å². The van der Waals surface area contributed by atoms with Crippen molar-refractivity contribution in [2.75, 3.05) is 19.6 Å². The van der Waals surface area contributed by atoms with Crippen LogP contribution < -0.4 is 10.6 Å². The first-order valence-corrected chi connectivity index (χ1v) is 7.13. The van der Waals surface area contributed by atoms with E-state index in [-0.39, 0.29) is 11.6 Å². The molecule has 19 heavy (non-hydrogen) atoms. The molecule has 2 N–H and O–H groups in total. The van der Waals surface area contributed by atoms with Gasteiger partial charge >= 0.3 is 0 Å². The minimum Gasteiger partial charge on any atom is -0.351 e. The summed E-state index contributed by atoms with van der Waals surface area (Å²) in [6.07, 6.45) is 2.24. The summed E-state index contributed by atoms with van der Waals surface area (Å²) in [6, 6.07) is 1.36. The number of amides is 1. The van der Waals surface area contributed by atoms with Gasteiger partial charge in [0.1, 0.15) is 0 Å². The van der Waals surface area contributed by atoms with E-state index in [1.807, 2.05) is 0 Å². The van der Waals surface area contributed by atoms with E-state index in [9.17, 15) is 14.9 Å². The fourth-order valence-electron chi connectivity index (χ4n) is 2.19. The van der Waals surface area contributed by atoms with E-state index in [1.54, 1.807) is 6.92 Å². The third-order valence-electron chi connectivity index (χ3n) is 3.26. The van der Waals surface area contributed by atoms with E-state index in [1.165, 1.54) is 17.4 Å². The zero-order valence-corrected chi connectivity index (χ0v) is 11.6. The molecule has 1 amide bonds. The molecule has 2 rings (SSSR count). The molecule has 6 nitrogen and oxygen atoms in total. The van der Waals surface area contributed by atoms with Crippen molar-refractivity contribution < 1.29 is 9.72 Å². The van der Waals surface area contributed by atoms with Crippen LogP contribution in [0.5, 0.6) is 0 Å². The van der Waals surface area contributed by atoms with Crippen molar-refractivity contribution in [3.63, 3.8) is 0 Å². The smallest absolute Gasteiger partial charge is 0.283 e. The first kappa shape index (κ1) is 14.0. The zero-order chi connectivity index (χ0) is 13.8. The lowest BCUT2D eigenvalue weighted by atomic mass is 10.00. The molecule has 1 aromatic heterocycles. The standard InChI is InChI=1S/C12H17N3O3S/c1-8-10(15(17)18)5-11(19-8)12(16)14-7-9-3-2-4-13-6-9/h5,9,13H,2-4,6-7H2,1H3,(H,14,16). The maximum Gasteiger partial charge on any atom is 0.283 e. The van der Waals surface area contributed by atoms with Crippen LogP contribution in [0.4, 0.5) is 5.69 Å². The Bertz CT molecular complexity index is 481. The van der Waals surface area contributed by atoms with Gasteiger partial charge in [0.2, 0.25) is 0 Å². The summed E-state index contributed by atoms with van der Waals surface area (Å²) >= 11 is 1.17. The van der Waals surface area contributed by atoms with Crippen LogP contribution in [-0.2, 0) is 0 Å². The van der Waals surface area contributed by atoms with Gasteiger partial charge in [-0.3, -0.25) is 14.9 Å². The Balaban J connectivity index is 1.92. The zero-order valence-electron chi connectivity index (χ0n) is 10.8. The average molecular weight is 283 g/mol. The first-order chi connectivity index (χ1) is 9.08. The van der Waals surface area contributed by atoms with Gasteiger partial charge in [0.15, 0.2) is 0 Å². The van der Waals surface area contributed by atoms with Gasteiger partial charge in [-0.25, -0.2) is 0 Å². The van der Waals surface area contributed by atoms with Crippen LogP contribution >= 0.6 is 11.3 Å². The number of rotatable bonds is 4. The number of nitrogens with one attached hydrogen (secondary N) is 2. The van der Waals surface area contributed by atoms with Crippen LogP contribution in [0.1, 0.15) is 27.4 Å². The number of piperidine rings is 1. The number of hydrogen-bond acceptors (Lipinski definition) is 5. The van der Waals surface area contributed by atoms with E-state index in [0.29, 0.717) is 22.2 Å². The Morgan fingerprint density at radius 3 is 3.05 bits per heavy atom. The van der Waals surface area contributed by atoms with Crippen molar-refractivity contribution in [2.45, 2.75) is 19.8 Å². The molecule has 7 heteroatoms. The first-order valence-electron chi connectivity index (χ1n) is 6.31. The molecule has 104 valence electrons. The van der Waals surface area contributed by atoms with E-state index >= 15 is 0 Å². The van der Waals surface area contributed by atoms with Crippen LogP contribution in [0.3, 0.4) is 0 Å².